The molecule has 0 heterocycles. The lowest BCUT2D eigenvalue weighted by Crippen LogP contribution is -1.96. The number of nitrogens with zero attached hydrogens (tertiary/aromatic N) is 2. The van der Waals surface area contributed by atoms with Crippen LogP contribution in [-0.2, 0) is 6.61 Å². The number of nitro benzene ring substituents is 1. The summed E-state index contributed by atoms with van der Waals surface area (Å²) >= 11 is 0. The van der Waals surface area contributed by atoms with Gasteiger partial charge in [0.2, 0.25) is 0 Å². The molecular formula is C20H17N3O3. The molecule has 26 heavy (non-hydrogen) atoms. The number of benzene rings is 3. The zero-order valence-corrected chi connectivity index (χ0v) is 13.9. The average molecular weight is 347 g/mol. The Morgan fingerprint density at radius 3 is 2.62 bits per heavy atom. The molecule has 3 rings (SSSR count). The van der Waals surface area contributed by atoms with Crippen LogP contribution in [0.1, 0.15) is 11.1 Å². The molecule has 6 heteroatoms. The molecule has 130 valence electrons. The van der Waals surface area contributed by atoms with Crippen LogP contribution in [0.15, 0.2) is 84.0 Å². The lowest BCUT2D eigenvalue weighted by Gasteiger charge is -2.06. The third-order valence-electron chi connectivity index (χ3n) is 3.57. The summed E-state index contributed by atoms with van der Waals surface area (Å²) in [4.78, 5) is 10.3. The van der Waals surface area contributed by atoms with E-state index >= 15 is 0 Å². The first-order chi connectivity index (χ1) is 12.7. The van der Waals surface area contributed by atoms with E-state index in [0.717, 1.165) is 16.9 Å². The lowest BCUT2D eigenvalue weighted by atomic mass is 10.2. The van der Waals surface area contributed by atoms with Gasteiger partial charge in [-0.1, -0.05) is 48.5 Å². The number of rotatable bonds is 7. The van der Waals surface area contributed by atoms with Crippen molar-refractivity contribution in [3.63, 3.8) is 0 Å². The number of hydrazone groups is 1. The summed E-state index contributed by atoms with van der Waals surface area (Å²) < 4.78 is 5.78. The van der Waals surface area contributed by atoms with Gasteiger partial charge in [-0.15, -0.1) is 0 Å². The number of ether oxygens (including phenoxy) is 1. The highest BCUT2D eigenvalue weighted by Crippen LogP contribution is 2.17. The van der Waals surface area contributed by atoms with Gasteiger partial charge in [0.25, 0.3) is 5.69 Å². The standard InChI is InChI=1S/C20H17N3O3/c24-23(25)19-10-5-9-18(13-19)22-21-14-17-8-4-11-20(12-17)26-15-16-6-2-1-3-7-16/h1-14,22H,15H2/b21-14+. The van der Waals surface area contributed by atoms with E-state index in [0.29, 0.717) is 12.3 Å². The smallest absolute Gasteiger partial charge is 0.271 e. The minimum Gasteiger partial charge on any atom is -0.489 e. The van der Waals surface area contributed by atoms with Crippen LogP contribution in [0.4, 0.5) is 11.4 Å². The number of hydrogen-bond donors (Lipinski definition) is 1. The summed E-state index contributed by atoms with van der Waals surface area (Å²) in [5.74, 6) is 0.744. The van der Waals surface area contributed by atoms with Crippen molar-refractivity contribution in [3.8, 4) is 5.75 Å². The first-order valence-corrected chi connectivity index (χ1v) is 8.01. The zero-order valence-electron chi connectivity index (χ0n) is 13.9. The summed E-state index contributed by atoms with van der Waals surface area (Å²) in [6.07, 6.45) is 1.63. The van der Waals surface area contributed by atoms with Crippen LogP contribution in [0.5, 0.6) is 5.75 Å². The van der Waals surface area contributed by atoms with E-state index < -0.39 is 4.92 Å². The van der Waals surface area contributed by atoms with Gasteiger partial charge in [-0.25, -0.2) is 0 Å². The first kappa shape index (κ1) is 17.2. The Morgan fingerprint density at radius 2 is 1.81 bits per heavy atom. The summed E-state index contributed by atoms with van der Waals surface area (Å²) in [5, 5.41) is 14.9. The Bertz CT molecular complexity index is 911. The Hall–Kier alpha value is -3.67. The van der Waals surface area contributed by atoms with Gasteiger partial charge in [0.1, 0.15) is 12.4 Å². The van der Waals surface area contributed by atoms with E-state index in [2.05, 4.69) is 10.5 Å². The Kier molecular flexibility index (Phi) is 5.57. The van der Waals surface area contributed by atoms with Crippen LogP contribution in [0, 0.1) is 10.1 Å². The second-order valence-corrected chi connectivity index (χ2v) is 5.52. The molecule has 0 bridgehead atoms. The molecule has 0 aliphatic carbocycles. The zero-order chi connectivity index (χ0) is 18.2. The van der Waals surface area contributed by atoms with Gasteiger partial charge in [0.05, 0.1) is 16.8 Å². The van der Waals surface area contributed by atoms with Crippen molar-refractivity contribution < 1.29 is 9.66 Å². The predicted octanol–water partition coefficient (Wildman–Crippen LogP) is 4.62. The van der Waals surface area contributed by atoms with Crippen LogP contribution >= 0.6 is 0 Å². The Morgan fingerprint density at radius 1 is 1.00 bits per heavy atom. The number of anilines is 1. The van der Waals surface area contributed by atoms with Gasteiger partial charge in [-0.3, -0.25) is 15.5 Å². The molecule has 0 radical (unpaired) electrons. The second kappa shape index (κ2) is 8.43. The Balaban J connectivity index is 1.60. The summed E-state index contributed by atoms with van der Waals surface area (Å²) in [6.45, 7) is 0.493. The quantitative estimate of drug-likeness (QED) is 0.384. The monoisotopic (exact) mass is 347 g/mol. The highest BCUT2D eigenvalue weighted by molar-refractivity contribution is 5.80. The van der Waals surface area contributed by atoms with Gasteiger partial charge in [-0.05, 0) is 29.3 Å². The van der Waals surface area contributed by atoms with E-state index in [1.54, 1.807) is 18.3 Å². The van der Waals surface area contributed by atoms with Crippen molar-refractivity contribution in [3.05, 3.63) is 100 Å². The molecule has 0 aliphatic heterocycles. The number of hydrogen-bond acceptors (Lipinski definition) is 5. The molecule has 1 N–H and O–H groups in total. The molecule has 0 saturated heterocycles. The summed E-state index contributed by atoms with van der Waals surface area (Å²) in [5.41, 5.74) is 5.30. The number of non-ortho nitro benzene ring substituents is 1. The van der Waals surface area contributed by atoms with Crippen LogP contribution < -0.4 is 10.2 Å². The van der Waals surface area contributed by atoms with Gasteiger partial charge in [0.15, 0.2) is 0 Å². The van der Waals surface area contributed by atoms with Crippen molar-refractivity contribution in [2.75, 3.05) is 5.43 Å². The molecule has 0 amide bonds. The third-order valence-corrected chi connectivity index (χ3v) is 3.57. The maximum Gasteiger partial charge on any atom is 0.271 e. The molecule has 0 aromatic heterocycles. The predicted molar refractivity (Wildman–Crippen MR) is 102 cm³/mol. The van der Waals surface area contributed by atoms with Crippen LogP contribution in [0.3, 0.4) is 0 Å². The topological polar surface area (TPSA) is 76.8 Å². The first-order valence-electron chi connectivity index (χ1n) is 8.01. The lowest BCUT2D eigenvalue weighted by molar-refractivity contribution is -0.384. The third kappa shape index (κ3) is 4.91. The van der Waals surface area contributed by atoms with Crippen molar-refractivity contribution >= 4 is 17.6 Å². The number of nitro groups is 1. The number of nitrogens with one attached hydrogen (secondary N) is 1. The highest BCUT2D eigenvalue weighted by atomic mass is 16.6. The minimum atomic E-state index is -0.442. The molecule has 0 saturated carbocycles. The molecule has 3 aromatic carbocycles. The molecule has 3 aromatic rings. The molecule has 0 fully saturated rings. The van der Waals surface area contributed by atoms with Crippen LogP contribution in [0.25, 0.3) is 0 Å². The van der Waals surface area contributed by atoms with Crippen molar-refractivity contribution in [2.45, 2.75) is 6.61 Å². The fraction of sp³-hybridized carbons (Fsp3) is 0.0500. The largest absolute Gasteiger partial charge is 0.489 e. The van der Waals surface area contributed by atoms with Gasteiger partial charge >= 0.3 is 0 Å². The van der Waals surface area contributed by atoms with Gasteiger partial charge < -0.3 is 4.74 Å². The van der Waals surface area contributed by atoms with Crippen molar-refractivity contribution in [2.24, 2.45) is 5.10 Å². The molecular weight excluding hydrogens is 330 g/mol. The van der Waals surface area contributed by atoms with Crippen LogP contribution in [0.2, 0.25) is 0 Å². The Labute approximate surface area is 150 Å². The van der Waals surface area contributed by atoms with E-state index in [4.69, 9.17) is 4.74 Å². The van der Waals surface area contributed by atoms with Crippen molar-refractivity contribution in [1.29, 1.82) is 0 Å². The van der Waals surface area contributed by atoms with Crippen molar-refractivity contribution in [1.82, 2.24) is 0 Å². The maximum absolute atomic E-state index is 10.8. The minimum absolute atomic E-state index is 0.0153. The van der Waals surface area contributed by atoms with E-state index in [1.165, 1.54) is 12.1 Å². The normalized spacial score (nSPS) is 10.6. The maximum atomic E-state index is 10.8. The fourth-order valence-corrected chi connectivity index (χ4v) is 2.30. The van der Waals surface area contributed by atoms with Gasteiger partial charge in [0, 0.05) is 12.1 Å². The molecule has 0 atom stereocenters. The SMILES string of the molecule is O=[N+]([O-])c1cccc(N/N=C/c2cccc(OCc3ccccc3)c2)c1. The highest BCUT2D eigenvalue weighted by Gasteiger charge is 2.04. The second-order valence-electron chi connectivity index (χ2n) is 5.52. The molecule has 0 aliphatic rings. The molecule has 6 nitrogen and oxygen atoms in total. The van der Waals surface area contributed by atoms with Gasteiger partial charge in [-0.2, -0.15) is 5.10 Å². The fourth-order valence-electron chi connectivity index (χ4n) is 2.30. The van der Waals surface area contributed by atoms with E-state index in [9.17, 15) is 10.1 Å². The van der Waals surface area contributed by atoms with E-state index in [1.807, 2.05) is 54.6 Å². The molecule has 0 spiro atoms. The van der Waals surface area contributed by atoms with E-state index in [-0.39, 0.29) is 5.69 Å². The summed E-state index contributed by atoms with van der Waals surface area (Å²) in [6, 6.07) is 23.6. The summed E-state index contributed by atoms with van der Waals surface area (Å²) in [7, 11) is 0. The molecule has 0 unspecified atom stereocenters. The average Bonchev–Trinajstić information content (AvgIpc) is 2.68. The van der Waals surface area contributed by atoms with Crippen LogP contribution in [-0.4, -0.2) is 11.1 Å².